The van der Waals surface area contributed by atoms with Gasteiger partial charge < -0.3 is 19.8 Å². The van der Waals surface area contributed by atoms with Crippen LogP contribution in [0.2, 0.25) is 0 Å². The Morgan fingerprint density at radius 3 is 2.26 bits per heavy atom. The molecule has 2 N–H and O–H groups in total. The van der Waals surface area contributed by atoms with Crippen LogP contribution in [0.15, 0.2) is 84.9 Å². The molecule has 0 aromatic heterocycles. The summed E-state index contributed by atoms with van der Waals surface area (Å²) < 4.78 is 6.74. The average Bonchev–Trinajstić information content (AvgIpc) is 3.35. The first kappa shape index (κ1) is 27.1. The van der Waals surface area contributed by atoms with Crippen molar-refractivity contribution in [3.63, 3.8) is 0 Å². The van der Waals surface area contributed by atoms with E-state index in [1.54, 1.807) is 23.6 Å². The number of carbonyl (C=O) groups is 2. The molecule has 4 atom stereocenters. The summed E-state index contributed by atoms with van der Waals surface area (Å²) in [6.07, 6.45) is -0.730. The van der Waals surface area contributed by atoms with Crippen molar-refractivity contribution in [1.82, 2.24) is 4.90 Å². The first-order chi connectivity index (χ1) is 18.7. The number of fused-ring (bicyclic) bond motifs is 2. The third kappa shape index (κ3) is 4.75. The lowest BCUT2D eigenvalue weighted by Crippen LogP contribution is -2.45. The van der Waals surface area contributed by atoms with E-state index in [9.17, 15) is 19.8 Å². The van der Waals surface area contributed by atoms with E-state index in [2.05, 4.69) is 0 Å². The zero-order valence-corrected chi connectivity index (χ0v) is 22.7. The van der Waals surface area contributed by atoms with Gasteiger partial charge in [0.1, 0.15) is 0 Å². The Kier molecular flexibility index (Phi) is 7.33. The van der Waals surface area contributed by atoms with E-state index >= 15 is 0 Å². The third-order valence-electron chi connectivity index (χ3n) is 8.13. The second-order valence-corrected chi connectivity index (χ2v) is 11.1. The fraction of sp³-hybridized carbons (Fsp3) is 0.375. The molecule has 7 nitrogen and oxygen atoms in total. The van der Waals surface area contributed by atoms with E-state index in [0.717, 1.165) is 22.5 Å². The second-order valence-electron chi connectivity index (χ2n) is 11.1. The monoisotopic (exact) mass is 528 g/mol. The van der Waals surface area contributed by atoms with Crippen molar-refractivity contribution in [3.05, 3.63) is 96.1 Å². The van der Waals surface area contributed by atoms with Crippen molar-refractivity contribution in [2.75, 3.05) is 18.1 Å². The number of para-hydroxylation sites is 2. The minimum absolute atomic E-state index is 0.0195. The molecular formula is C32H36N2O5. The number of hydrogen-bond acceptors (Lipinski definition) is 5. The SMILES string of the molecule is C[C@H]1[C@H](C(C)(C)O)[C@@H](CC(=O)N(CCO)Cc2ccccc2)O[C@]12C(=O)N(c1ccccc1)c1ccccc12. The standard InChI is InChI=1S/C32H36N2O5/c1-22-29(31(2,3)38)27(20-28(36)33(18-19-35)21-23-12-6-4-7-13-23)39-32(22)25-16-10-11-17-26(25)34(30(32)37)24-14-8-5-9-15-24/h4-17,22,27,29,35,38H,18-21H2,1-3H3/t22-,27+,29-,32+/m0/s1. The van der Waals surface area contributed by atoms with Crippen LogP contribution in [-0.2, 0) is 26.5 Å². The maximum Gasteiger partial charge on any atom is 0.268 e. The summed E-state index contributed by atoms with van der Waals surface area (Å²) in [4.78, 5) is 31.3. The first-order valence-electron chi connectivity index (χ1n) is 13.5. The first-order valence-corrected chi connectivity index (χ1v) is 13.5. The fourth-order valence-corrected chi connectivity index (χ4v) is 6.51. The number of anilines is 2. The van der Waals surface area contributed by atoms with E-state index in [-0.39, 0.29) is 31.4 Å². The molecule has 3 aromatic carbocycles. The van der Waals surface area contributed by atoms with Crippen LogP contribution in [0.3, 0.4) is 0 Å². The summed E-state index contributed by atoms with van der Waals surface area (Å²) in [5.41, 5.74) is 0.612. The Labute approximate surface area is 229 Å². The van der Waals surface area contributed by atoms with Crippen LogP contribution in [-0.4, -0.2) is 51.8 Å². The van der Waals surface area contributed by atoms with Crippen molar-refractivity contribution >= 4 is 23.2 Å². The normalized spacial score (nSPS) is 24.3. The maximum absolute atomic E-state index is 14.4. The van der Waals surface area contributed by atoms with E-state index in [1.807, 2.05) is 91.9 Å². The van der Waals surface area contributed by atoms with Gasteiger partial charge in [0.2, 0.25) is 5.91 Å². The minimum Gasteiger partial charge on any atom is -0.395 e. The molecule has 7 heteroatoms. The highest BCUT2D eigenvalue weighted by molar-refractivity contribution is 6.12. The van der Waals surface area contributed by atoms with Crippen LogP contribution in [0, 0.1) is 11.8 Å². The molecule has 1 fully saturated rings. The van der Waals surface area contributed by atoms with Crippen LogP contribution in [0.25, 0.3) is 0 Å². The molecule has 0 unspecified atom stereocenters. The Morgan fingerprint density at radius 1 is 1.00 bits per heavy atom. The second kappa shape index (κ2) is 10.6. The largest absolute Gasteiger partial charge is 0.395 e. The maximum atomic E-state index is 14.4. The van der Waals surface area contributed by atoms with Crippen molar-refractivity contribution in [3.8, 4) is 0 Å². The number of benzene rings is 3. The molecular weight excluding hydrogens is 492 g/mol. The topological polar surface area (TPSA) is 90.3 Å². The quantitative estimate of drug-likeness (QED) is 0.453. The molecule has 2 aliphatic heterocycles. The summed E-state index contributed by atoms with van der Waals surface area (Å²) in [6.45, 7) is 5.72. The Bertz CT molecular complexity index is 1320. The number of amides is 2. The molecule has 0 radical (unpaired) electrons. The highest BCUT2D eigenvalue weighted by atomic mass is 16.5. The number of aliphatic hydroxyl groups is 2. The molecule has 5 rings (SSSR count). The molecule has 1 spiro atoms. The summed E-state index contributed by atoms with van der Waals surface area (Å²) in [5.74, 6) is -1.34. The van der Waals surface area contributed by atoms with E-state index < -0.39 is 29.1 Å². The smallest absolute Gasteiger partial charge is 0.268 e. The predicted molar refractivity (Wildman–Crippen MR) is 149 cm³/mol. The van der Waals surface area contributed by atoms with E-state index in [0.29, 0.717) is 6.54 Å². The van der Waals surface area contributed by atoms with Gasteiger partial charge in [-0.05, 0) is 37.6 Å². The van der Waals surface area contributed by atoms with Gasteiger partial charge >= 0.3 is 0 Å². The zero-order valence-electron chi connectivity index (χ0n) is 22.7. The molecule has 0 aliphatic carbocycles. The number of nitrogens with zero attached hydrogens (tertiary/aromatic N) is 2. The van der Waals surface area contributed by atoms with Crippen LogP contribution >= 0.6 is 0 Å². The summed E-state index contributed by atoms with van der Waals surface area (Å²) in [6, 6.07) is 26.7. The number of hydrogen-bond donors (Lipinski definition) is 2. The minimum atomic E-state index is -1.34. The van der Waals surface area contributed by atoms with Gasteiger partial charge in [0.15, 0.2) is 5.60 Å². The highest BCUT2D eigenvalue weighted by Crippen LogP contribution is 2.58. The Morgan fingerprint density at radius 2 is 1.62 bits per heavy atom. The van der Waals surface area contributed by atoms with Gasteiger partial charge in [-0.2, -0.15) is 0 Å². The Balaban J connectivity index is 1.51. The van der Waals surface area contributed by atoms with Gasteiger partial charge in [-0.3, -0.25) is 14.5 Å². The number of carbonyl (C=O) groups excluding carboxylic acids is 2. The third-order valence-corrected chi connectivity index (χ3v) is 8.13. The molecule has 39 heavy (non-hydrogen) atoms. The van der Waals surface area contributed by atoms with Crippen LogP contribution in [0.1, 0.15) is 38.3 Å². The van der Waals surface area contributed by atoms with Crippen LogP contribution in [0.5, 0.6) is 0 Å². The van der Waals surface area contributed by atoms with Gasteiger partial charge in [-0.25, -0.2) is 0 Å². The lowest BCUT2D eigenvalue weighted by molar-refractivity contribution is -0.150. The van der Waals surface area contributed by atoms with Crippen molar-refractivity contribution in [2.24, 2.45) is 11.8 Å². The van der Waals surface area contributed by atoms with E-state index in [1.165, 1.54) is 0 Å². The van der Waals surface area contributed by atoms with Gasteiger partial charge in [0.25, 0.3) is 5.91 Å². The van der Waals surface area contributed by atoms with Crippen LogP contribution < -0.4 is 4.90 Å². The lowest BCUT2D eigenvalue weighted by Gasteiger charge is -2.34. The summed E-state index contributed by atoms with van der Waals surface area (Å²) in [5, 5.41) is 21.0. The number of ether oxygens (including phenoxy) is 1. The molecule has 0 saturated carbocycles. The molecule has 204 valence electrons. The van der Waals surface area contributed by atoms with Crippen molar-refractivity contribution in [2.45, 2.75) is 51.0 Å². The molecule has 0 bridgehead atoms. The van der Waals surface area contributed by atoms with Crippen molar-refractivity contribution < 1.29 is 24.5 Å². The molecule has 2 aliphatic rings. The molecule has 1 saturated heterocycles. The van der Waals surface area contributed by atoms with Gasteiger partial charge in [0, 0.05) is 36.2 Å². The molecule has 2 amide bonds. The van der Waals surface area contributed by atoms with Crippen LogP contribution in [0.4, 0.5) is 11.4 Å². The van der Waals surface area contributed by atoms with Gasteiger partial charge in [-0.15, -0.1) is 0 Å². The van der Waals surface area contributed by atoms with Crippen molar-refractivity contribution in [1.29, 1.82) is 0 Å². The van der Waals surface area contributed by atoms with E-state index in [4.69, 9.17) is 4.74 Å². The summed E-state index contributed by atoms with van der Waals surface area (Å²) >= 11 is 0. The van der Waals surface area contributed by atoms with Gasteiger partial charge in [0.05, 0.1) is 30.4 Å². The average molecular weight is 529 g/mol. The highest BCUT2D eigenvalue weighted by Gasteiger charge is 2.66. The molecule has 2 heterocycles. The summed E-state index contributed by atoms with van der Waals surface area (Å²) in [7, 11) is 0. The fourth-order valence-electron chi connectivity index (χ4n) is 6.51. The number of rotatable bonds is 8. The zero-order chi connectivity index (χ0) is 27.8. The predicted octanol–water partition coefficient (Wildman–Crippen LogP) is 4.39. The number of aliphatic hydroxyl groups excluding tert-OH is 1. The lowest BCUT2D eigenvalue weighted by atomic mass is 9.71. The molecule has 3 aromatic rings. The van der Waals surface area contributed by atoms with Gasteiger partial charge in [-0.1, -0.05) is 73.7 Å². The Hall–Kier alpha value is -3.52.